The van der Waals surface area contributed by atoms with Gasteiger partial charge in [0.15, 0.2) is 17.5 Å². The summed E-state index contributed by atoms with van der Waals surface area (Å²) in [6.07, 6.45) is 11.7. The number of allylic oxidation sites excluding steroid dienone is 3. The number of nitriles is 1. The molecule has 0 atom stereocenters. The van der Waals surface area contributed by atoms with E-state index in [4.69, 9.17) is 5.26 Å². The third kappa shape index (κ3) is 5.75. The predicted molar refractivity (Wildman–Crippen MR) is 110 cm³/mol. The summed E-state index contributed by atoms with van der Waals surface area (Å²) in [7, 11) is 0. The van der Waals surface area contributed by atoms with Gasteiger partial charge in [-0.25, -0.2) is 8.78 Å². The summed E-state index contributed by atoms with van der Waals surface area (Å²) in [5, 5.41) is 8.46. The zero-order valence-electron chi connectivity index (χ0n) is 17.0. The summed E-state index contributed by atoms with van der Waals surface area (Å²) in [5.74, 6) is -0.175. The Hall–Kier alpha value is -2.02. The number of hydrogen-bond donors (Lipinski definition) is 0. The minimum Gasteiger partial charge on any atom is -0.204 e. The summed E-state index contributed by atoms with van der Waals surface area (Å²) in [5.41, 5.74) is 2.29. The van der Waals surface area contributed by atoms with Gasteiger partial charge in [0.05, 0.1) is 0 Å². The molecule has 0 unspecified atom stereocenters. The summed E-state index contributed by atoms with van der Waals surface area (Å²) in [6.45, 7) is 4.44. The van der Waals surface area contributed by atoms with E-state index in [-0.39, 0.29) is 0 Å². The Morgan fingerprint density at radius 1 is 1.00 bits per heavy atom. The Bertz CT molecular complexity index is 776. The lowest BCUT2D eigenvalue weighted by atomic mass is 9.69. The molecule has 0 N–H and O–H groups in total. The van der Waals surface area contributed by atoms with Gasteiger partial charge in [-0.2, -0.15) is 9.65 Å². The van der Waals surface area contributed by atoms with E-state index in [9.17, 15) is 13.2 Å². The smallest absolute Gasteiger partial charge is 0.196 e. The zero-order chi connectivity index (χ0) is 20.8. The van der Waals surface area contributed by atoms with Crippen molar-refractivity contribution >= 4 is 0 Å². The highest BCUT2D eigenvalue weighted by Gasteiger charge is 2.30. The molecule has 0 aliphatic heterocycles. The molecule has 29 heavy (non-hydrogen) atoms. The van der Waals surface area contributed by atoms with Crippen LogP contribution in [0, 0.1) is 40.7 Å². The van der Waals surface area contributed by atoms with Gasteiger partial charge >= 0.3 is 0 Å². The van der Waals surface area contributed by atoms with Crippen LogP contribution >= 0.6 is 0 Å². The van der Waals surface area contributed by atoms with Crippen molar-refractivity contribution in [2.75, 3.05) is 0 Å². The molecular formula is C25H30F3N. The third-order valence-electron chi connectivity index (χ3n) is 7.04. The summed E-state index contributed by atoms with van der Waals surface area (Å²) >= 11 is 0. The zero-order valence-corrected chi connectivity index (χ0v) is 17.0. The second-order valence-corrected chi connectivity index (χ2v) is 8.76. The van der Waals surface area contributed by atoms with Gasteiger partial charge in [0.1, 0.15) is 6.07 Å². The van der Waals surface area contributed by atoms with Crippen LogP contribution < -0.4 is 0 Å². The highest BCUT2D eigenvalue weighted by atomic mass is 19.2. The molecule has 0 spiro atoms. The first-order valence-corrected chi connectivity index (χ1v) is 10.9. The molecule has 0 aromatic heterocycles. The van der Waals surface area contributed by atoms with Crippen LogP contribution in [0.1, 0.15) is 75.7 Å². The summed E-state index contributed by atoms with van der Waals surface area (Å²) in [4.78, 5) is 0. The lowest BCUT2D eigenvalue weighted by Gasteiger charge is -2.36. The molecule has 2 fully saturated rings. The van der Waals surface area contributed by atoms with Gasteiger partial charge in [0.2, 0.25) is 0 Å². The first kappa shape index (κ1) is 21.7. The maximum absolute atomic E-state index is 13.5. The number of rotatable bonds is 6. The largest absolute Gasteiger partial charge is 0.204 e. The second kappa shape index (κ2) is 10.1. The van der Waals surface area contributed by atoms with Crippen LogP contribution in [0.4, 0.5) is 13.2 Å². The van der Waals surface area contributed by atoms with Gasteiger partial charge < -0.3 is 0 Å². The fourth-order valence-electron chi connectivity index (χ4n) is 5.21. The second-order valence-electron chi connectivity index (χ2n) is 8.76. The van der Waals surface area contributed by atoms with E-state index in [2.05, 4.69) is 6.58 Å². The van der Waals surface area contributed by atoms with E-state index in [1.165, 1.54) is 29.9 Å². The van der Waals surface area contributed by atoms with E-state index >= 15 is 0 Å². The Kier molecular flexibility index (Phi) is 7.58. The average Bonchev–Trinajstić information content (AvgIpc) is 2.75. The lowest BCUT2D eigenvalue weighted by molar-refractivity contribution is 0.260. The van der Waals surface area contributed by atoms with E-state index in [0.717, 1.165) is 63.4 Å². The minimum atomic E-state index is -0.780. The highest BCUT2D eigenvalue weighted by molar-refractivity contribution is 5.23. The summed E-state index contributed by atoms with van der Waals surface area (Å²) < 4.78 is 39.6. The van der Waals surface area contributed by atoms with Gasteiger partial charge in [0, 0.05) is 0 Å². The topological polar surface area (TPSA) is 23.8 Å². The Balaban J connectivity index is 1.43. The van der Waals surface area contributed by atoms with Crippen LogP contribution in [-0.2, 0) is 0 Å². The van der Waals surface area contributed by atoms with Crippen molar-refractivity contribution in [3.8, 4) is 6.07 Å². The standard InChI is InChI=1S/C25H30F3N/c1-17(19-7-5-18(6-8-19)3-2-4-23(26)16-29)20-9-11-21(12-10-20)22-13-14-24(27)25(28)15-22/h4,13-15,18-21H,1-3,5-12H2/b23-4-/t18-,19-,20-,21-. The van der Waals surface area contributed by atoms with E-state index < -0.39 is 17.5 Å². The number of benzene rings is 1. The highest BCUT2D eigenvalue weighted by Crippen LogP contribution is 2.44. The number of hydrogen-bond acceptors (Lipinski definition) is 1. The molecular weight excluding hydrogens is 371 g/mol. The Morgan fingerprint density at radius 2 is 1.62 bits per heavy atom. The van der Waals surface area contributed by atoms with Crippen molar-refractivity contribution < 1.29 is 13.2 Å². The Morgan fingerprint density at radius 3 is 2.21 bits per heavy atom. The van der Waals surface area contributed by atoms with Gasteiger partial charge in [0.25, 0.3) is 0 Å². The van der Waals surface area contributed by atoms with E-state index in [0.29, 0.717) is 30.1 Å². The number of nitrogens with zero attached hydrogens (tertiary/aromatic N) is 1. The maximum Gasteiger partial charge on any atom is 0.196 e. The van der Waals surface area contributed by atoms with Crippen LogP contribution in [0.2, 0.25) is 0 Å². The third-order valence-corrected chi connectivity index (χ3v) is 7.04. The van der Waals surface area contributed by atoms with Crippen molar-refractivity contribution in [2.45, 2.75) is 70.1 Å². The molecule has 2 aliphatic carbocycles. The molecule has 3 rings (SSSR count). The molecule has 0 saturated heterocycles. The van der Waals surface area contributed by atoms with Crippen molar-refractivity contribution in [3.63, 3.8) is 0 Å². The van der Waals surface area contributed by atoms with Crippen LogP contribution in [0.15, 0.2) is 42.3 Å². The van der Waals surface area contributed by atoms with Crippen LogP contribution in [0.25, 0.3) is 0 Å². The molecule has 0 radical (unpaired) electrons. The fraction of sp³-hybridized carbons (Fsp3) is 0.560. The molecule has 4 heteroatoms. The molecule has 1 aromatic rings. The Labute approximate surface area is 172 Å². The first-order chi connectivity index (χ1) is 14.0. The van der Waals surface area contributed by atoms with E-state index in [1.54, 1.807) is 6.07 Å². The van der Waals surface area contributed by atoms with Crippen molar-refractivity contribution in [1.82, 2.24) is 0 Å². The SMILES string of the molecule is C=C([C@H]1CC[C@H](CC/C=C(\F)C#N)CC1)[C@H]1CC[C@H](c2ccc(F)c(F)c2)CC1. The van der Waals surface area contributed by atoms with Crippen molar-refractivity contribution in [1.29, 1.82) is 5.26 Å². The molecule has 2 saturated carbocycles. The predicted octanol–water partition coefficient (Wildman–Crippen LogP) is 7.76. The molecule has 1 nitrogen and oxygen atoms in total. The molecule has 2 aliphatic rings. The van der Waals surface area contributed by atoms with Crippen LogP contribution in [-0.4, -0.2) is 0 Å². The quantitative estimate of drug-likeness (QED) is 0.353. The van der Waals surface area contributed by atoms with Gasteiger partial charge in [-0.15, -0.1) is 0 Å². The van der Waals surface area contributed by atoms with Gasteiger partial charge in [-0.05, 0) is 112 Å². The average molecular weight is 402 g/mol. The molecule has 0 bridgehead atoms. The van der Waals surface area contributed by atoms with Crippen molar-refractivity contribution in [2.24, 2.45) is 17.8 Å². The van der Waals surface area contributed by atoms with E-state index in [1.807, 2.05) is 0 Å². The maximum atomic E-state index is 13.5. The molecule has 0 heterocycles. The summed E-state index contributed by atoms with van der Waals surface area (Å²) in [6, 6.07) is 5.84. The first-order valence-electron chi connectivity index (χ1n) is 10.9. The molecule has 1 aromatic carbocycles. The van der Waals surface area contributed by atoms with Gasteiger partial charge in [-0.1, -0.05) is 18.2 Å². The minimum absolute atomic E-state index is 0.312. The normalized spacial score (nSPS) is 28.0. The fourth-order valence-corrected chi connectivity index (χ4v) is 5.21. The van der Waals surface area contributed by atoms with Crippen LogP contribution in [0.3, 0.4) is 0 Å². The molecule has 0 amide bonds. The monoisotopic (exact) mass is 401 g/mol. The van der Waals surface area contributed by atoms with Gasteiger partial charge in [-0.3, -0.25) is 0 Å². The van der Waals surface area contributed by atoms with Crippen LogP contribution in [0.5, 0.6) is 0 Å². The number of halogens is 3. The molecule has 156 valence electrons. The van der Waals surface area contributed by atoms with Crippen molar-refractivity contribution in [3.05, 3.63) is 59.5 Å². The lowest BCUT2D eigenvalue weighted by Crippen LogP contribution is -2.22.